The highest BCUT2D eigenvalue weighted by Crippen LogP contribution is 2.22. The molecule has 3 heteroatoms. The number of carbonyl (C=O) groups is 1. The molecular weight excluding hydrogens is 310 g/mol. The Kier molecular flexibility index (Phi) is 5.03. The van der Waals surface area contributed by atoms with Gasteiger partial charge in [-0.3, -0.25) is 4.79 Å². The zero-order chi connectivity index (χ0) is 17.8. The second kappa shape index (κ2) is 7.39. The summed E-state index contributed by atoms with van der Waals surface area (Å²) in [5.41, 5.74) is 3.37. The molecule has 0 radical (unpaired) electrons. The predicted molar refractivity (Wildman–Crippen MR) is 102 cm³/mol. The average Bonchev–Trinajstić information content (AvgIpc) is 2.63. The summed E-state index contributed by atoms with van der Waals surface area (Å²) in [4.78, 5) is 14.3. The Balaban J connectivity index is 1.71. The van der Waals surface area contributed by atoms with Crippen LogP contribution in [0.3, 0.4) is 0 Å². The third kappa shape index (κ3) is 4.00. The summed E-state index contributed by atoms with van der Waals surface area (Å²) in [5.74, 6) is 0.981. The Hall–Kier alpha value is -2.81. The molecule has 0 aliphatic carbocycles. The maximum atomic E-state index is 12.5. The number of rotatable bonds is 5. The molecule has 0 bridgehead atoms. The van der Waals surface area contributed by atoms with Gasteiger partial charge < -0.3 is 9.64 Å². The number of ether oxygens (including phenoxy) is 1. The molecule has 3 aromatic carbocycles. The van der Waals surface area contributed by atoms with Gasteiger partial charge in [0.25, 0.3) is 0 Å². The summed E-state index contributed by atoms with van der Waals surface area (Å²) in [6.07, 6.45) is 0.438. The van der Waals surface area contributed by atoms with Crippen molar-refractivity contribution in [2.45, 2.75) is 19.9 Å². The molecule has 0 aliphatic rings. The zero-order valence-corrected chi connectivity index (χ0v) is 15.0. The van der Waals surface area contributed by atoms with Crippen LogP contribution in [0.4, 0.5) is 0 Å². The standard InChI is InChI=1S/C22H23NO2/c1-16-6-4-5-7-18(16)14-22(24)23(2)15-17-8-9-20-13-21(25-3)11-10-19(20)12-17/h4-13H,14-15H2,1-3H3. The lowest BCUT2D eigenvalue weighted by atomic mass is 10.0. The van der Waals surface area contributed by atoms with Crippen molar-refractivity contribution in [3.8, 4) is 5.75 Å². The van der Waals surface area contributed by atoms with Crippen LogP contribution in [0.25, 0.3) is 10.8 Å². The number of fused-ring (bicyclic) bond motifs is 1. The highest BCUT2D eigenvalue weighted by Gasteiger charge is 2.12. The van der Waals surface area contributed by atoms with E-state index in [1.807, 2.05) is 56.4 Å². The second-order valence-electron chi connectivity index (χ2n) is 6.40. The topological polar surface area (TPSA) is 29.5 Å². The van der Waals surface area contributed by atoms with E-state index in [0.717, 1.165) is 33.2 Å². The van der Waals surface area contributed by atoms with Gasteiger partial charge in [0.05, 0.1) is 13.5 Å². The summed E-state index contributed by atoms with van der Waals surface area (Å²) in [5, 5.41) is 2.29. The summed E-state index contributed by atoms with van der Waals surface area (Å²) in [7, 11) is 3.53. The van der Waals surface area contributed by atoms with Crippen LogP contribution in [0, 0.1) is 6.92 Å². The van der Waals surface area contributed by atoms with Gasteiger partial charge in [-0.1, -0.05) is 42.5 Å². The van der Waals surface area contributed by atoms with Crippen LogP contribution >= 0.6 is 0 Å². The van der Waals surface area contributed by atoms with Gasteiger partial charge in [0.2, 0.25) is 5.91 Å². The monoisotopic (exact) mass is 333 g/mol. The summed E-state index contributed by atoms with van der Waals surface area (Å²) in [6, 6.07) is 20.3. The molecule has 0 spiro atoms. The van der Waals surface area contributed by atoms with Crippen molar-refractivity contribution < 1.29 is 9.53 Å². The molecule has 0 saturated heterocycles. The summed E-state index contributed by atoms with van der Waals surface area (Å²) >= 11 is 0. The lowest BCUT2D eigenvalue weighted by Crippen LogP contribution is -2.27. The smallest absolute Gasteiger partial charge is 0.227 e. The van der Waals surface area contributed by atoms with Gasteiger partial charge in [-0.2, -0.15) is 0 Å². The number of carbonyl (C=O) groups excluding carboxylic acids is 1. The number of benzene rings is 3. The van der Waals surface area contributed by atoms with Crippen LogP contribution in [0.5, 0.6) is 5.75 Å². The van der Waals surface area contributed by atoms with Gasteiger partial charge in [-0.05, 0) is 52.6 Å². The third-order valence-electron chi connectivity index (χ3n) is 4.56. The molecular formula is C22H23NO2. The fourth-order valence-electron chi connectivity index (χ4n) is 2.97. The van der Waals surface area contributed by atoms with E-state index in [9.17, 15) is 4.79 Å². The van der Waals surface area contributed by atoms with Gasteiger partial charge in [-0.15, -0.1) is 0 Å². The molecule has 0 unspecified atom stereocenters. The van der Waals surface area contributed by atoms with Crippen molar-refractivity contribution in [2.24, 2.45) is 0 Å². The first-order valence-corrected chi connectivity index (χ1v) is 8.42. The average molecular weight is 333 g/mol. The van der Waals surface area contributed by atoms with E-state index >= 15 is 0 Å². The maximum absolute atomic E-state index is 12.5. The number of nitrogens with zero attached hydrogens (tertiary/aromatic N) is 1. The van der Waals surface area contributed by atoms with E-state index in [4.69, 9.17) is 4.74 Å². The Morgan fingerprint density at radius 3 is 2.48 bits per heavy atom. The molecule has 0 N–H and O–H groups in total. The molecule has 3 nitrogen and oxygen atoms in total. The molecule has 0 saturated carbocycles. The number of hydrogen-bond acceptors (Lipinski definition) is 2. The van der Waals surface area contributed by atoms with E-state index in [1.54, 1.807) is 12.0 Å². The number of methoxy groups -OCH3 is 1. The van der Waals surface area contributed by atoms with Crippen molar-refractivity contribution in [2.75, 3.05) is 14.2 Å². The fraction of sp³-hybridized carbons (Fsp3) is 0.227. The van der Waals surface area contributed by atoms with Crippen molar-refractivity contribution in [1.82, 2.24) is 4.90 Å². The molecule has 0 fully saturated rings. The number of aryl methyl sites for hydroxylation is 1. The highest BCUT2D eigenvalue weighted by atomic mass is 16.5. The van der Waals surface area contributed by atoms with Gasteiger partial charge in [0.1, 0.15) is 5.75 Å². The minimum Gasteiger partial charge on any atom is -0.497 e. The van der Waals surface area contributed by atoms with Gasteiger partial charge in [0, 0.05) is 13.6 Å². The molecule has 25 heavy (non-hydrogen) atoms. The van der Waals surface area contributed by atoms with Gasteiger partial charge in [0.15, 0.2) is 0 Å². The van der Waals surface area contributed by atoms with E-state index in [2.05, 4.69) is 18.2 Å². The van der Waals surface area contributed by atoms with Crippen molar-refractivity contribution >= 4 is 16.7 Å². The highest BCUT2D eigenvalue weighted by molar-refractivity contribution is 5.85. The maximum Gasteiger partial charge on any atom is 0.227 e. The third-order valence-corrected chi connectivity index (χ3v) is 4.56. The summed E-state index contributed by atoms with van der Waals surface area (Å²) in [6.45, 7) is 2.65. The largest absolute Gasteiger partial charge is 0.497 e. The molecule has 0 aromatic heterocycles. The Bertz CT molecular complexity index is 901. The fourth-order valence-corrected chi connectivity index (χ4v) is 2.97. The van der Waals surface area contributed by atoms with E-state index in [1.165, 1.54) is 0 Å². The molecule has 1 amide bonds. The Morgan fingerprint density at radius 2 is 1.72 bits per heavy atom. The zero-order valence-electron chi connectivity index (χ0n) is 15.0. The van der Waals surface area contributed by atoms with E-state index in [-0.39, 0.29) is 5.91 Å². The predicted octanol–water partition coefficient (Wildman–Crippen LogP) is 4.36. The molecule has 0 aliphatic heterocycles. The van der Waals surface area contributed by atoms with Gasteiger partial charge in [-0.25, -0.2) is 0 Å². The Labute approximate surface area is 148 Å². The van der Waals surface area contributed by atoms with Crippen molar-refractivity contribution in [1.29, 1.82) is 0 Å². The van der Waals surface area contributed by atoms with Crippen LogP contribution in [0.1, 0.15) is 16.7 Å². The Morgan fingerprint density at radius 1 is 1.00 bits per heavy atom. The van der Waals surface area contributed by atoms with E-state index < -0.39 is 0 Å². The first-order valence-electron chi connectivity index (χ1n) is 8.42. The molecule has 3 rings (SSSR count). The van der Waals surface area contributed by atoms with Crippen LogP contribution in [-0.2, 0) is 17.8 Å². The quantitative estimate of drug-likeness (QED) is 0.694. The minimum atomic E-state index is 0.129. The van der Waals surface area contributed by atoms with Crippen LogP contribution < -0.4 is 4.74 Å². The first-order chi connectivity index (χ1) is 12.1. The normalized spacial score (nSPS) is 10.7. The van der Waals surface area contributed by atoms with Crippen LogP contribution in [0.2, 0.25) is 0 Å². The lowest BCUT2D eigenvalue weighted by Gasteiger charge is -2.18. The minimum absolute atomic E-state index is 0.129. The summed E-state index contributed by atoms with van der Waals surface area (Å²) < 4.78 is 5.26. The molecule has 0 atom stereocenters. The van der Waals surface area contributed by atoms with Crippen LogP contribution in [-0.4, -0.2) is 25.0 Å². The molecule has 3 aromatic rings. The molecule has 0 heterocycles. The van der Waals surface area contributed by atoms with Gasteiger partial charge >= 0.3 is 0 Å². The van der Waals surface area contributed by atoms with Crippen LogP contribution in [0.15, 0.2) is 60.7 Å². The van der Waals surface area contributed by atoms with Crippen molar-refractivity contribution in [3.05, 3.63) is 77.4 Å². The molecule has 128 valence electrons. The number of amides is 1. The lowest BCUT2D eigenvalue weighted by molar-refractivity contribution is -0.129. The van der Waals surface area contributed by atoms with Crippen molar-refractivity contribution in [3.63, 3.8) is 0 Å². The SMILES string of the molecule is COc1ccc2cc(CN(C)C(=O)Cc3ccccc3C)ccc2c1. The number of hydrogen-bond donors (Lipinski definition) is 0. The van der Waals surface area contributed by atoms with E-state index in [0.29, 0.717) is 13.0 Å². The second-order valence-corrected chi connectivity index (χ2v) is 6.40. The number of likely N-dealkylation sites (N-methyl/N-ethyl adjacent to an activating group) is 1. The first kappa shape index (κ1) is 17.0.